The zero-order chi connectivity index (χ0) is 26.5. The van der Waals surface area contributed by atoms with Gasteiger partial charge in [-0.1, -0.05) is 0 Å². The summed E-state index contributed by atoms with van der Waals surface area (Å²) < 4.78 is 8.06. The largest absolute Gasteiger partial charge is 0.473 e. The van der Waals surface area contributed by atoms with Crippen LogP contribution >= 0.6 is 11.3 Å². The molecule has 3 aliphatic rings. The summed E-state index contributed by atoms with van der Waals surface area (Å²) in [6, 6.07) is 10.2. The summed E-state index contributed by atoms with van der Waals surface area (Å²) in [5.41, 5.74) is 5.52. The number of hydrogen-bond acceptors (Lipinski definition) is 8. The van der Waals surface area contributed by atoms with Crippen molar-refractivity contribution in [2.75, 3.05) is 0 Å². The van der Waals surface area contributed by atoms with E-state index >= 15 is 0 Å². The molecule has 3 atom stereocenters. The van der Waals surface area contributed by atoms with Gasteiger partial charge in [-0.25, -0.2) is 4.98 Å². The van der Waals surface area contributed by atoms with Crippen molar-refractivity contribution >= 4 is 17.2 Å². The fourth-order valence-corrected chi connectivity index (χ4v) is 6.84. The number of rotatable bonds is 7. The molecule has 6 heterocycles. The predicted molar refractivity (Wildman–Crippen MR) is 147 cm³/mol. The van der Waals surface area contributed by atoms with Gasteiger partial charge in [0.2, 0.25) is 5.88 Å². The Morgan fingerprint density at radius 2 is 1.90 bits per heavy atom. The van der Waals surface area contributed by atoms with E-state index in [1.54, 1.807) is 17.5 Å². The molecule has 3 fully saturated rings. The lowest BCUT2D eigenvalue weighted by Crippen LogP contribution is -2.49. The highest BCUT2D eigenvalue weighted by atomic mass is 32.1. The van der Waals surface area contributed by atoms with Gasteiger partial charge in [0, 0.05) is 67.6 Å². The minimum absolute atomic E-state index is 0.0616. The zero-order valence-corrected chi connectivity index (χ0v) is 23.0. The monoisotopic (exact) mass is 541 g/mol. The first-order valence-corrected chi connectivity index (χ1v) is 14.6. The standard InChI is InChI=1S/C29H31N7O2S/c1-17-11-26(35(2)34-17)25-16-39-28(31-25)12-20-6-5-19(15-30-20)29(37)36-21-7-8-22(36)14-23(13-21)38-27-10-9-24(32-33-27)18-3-4-18/h5-6,9-11,15-16,18,21-23H,3-4,7-8,12-14H2,1-2H3/t21-,22+,23?. The lowest BCUT2D eigenvalue weighted by molar-refractivity contribution is 0.0345. The highest BCUT2D eigenvalue weighted by Crippen LogP contribution is 2.40. The van der Waals surface area contributed by atoms with Gasteiger partial charge in [0.25, 0.3) is 5.91 Å². The minimum atomic E-state index is 0.0616. The normalized spacial score (nSPS) is 22.3. The van der Waals surface area contributed by atoms with Gasteiger partial charge in [0.05, 0.1) is 33.3 Å². The average molecular weight is 542 g/mol. The number of pyridine rings is 1. The van der Waals surface area contributed by atoms with Crippen molar-refractivity contribution in [1.29, 1.82) is 0 Å². The van der Waals surface area contributed by atoms with Gasteiger partial charge < -0.3 is 9.64 Å². The van der Waals surface area contributed by atoms with E-state index in [1.165, 1.54) is 12.8 Å². The van der Waals surface area contributed by atoms with Crippen LogP contribution in [-0.2, 0) is 13.5 Å². The highest BCUT2D eigenvalue weighted by molar-refractivity contribution is 7.10. The van der Waals surface area contributed by atoms with Crippen molar-refractivity contribution in [3.63, 3.8) is 0 Å². The second-order valence-electron chi connectivity index (χ2n) is 11.0. The molecule has 10 heteroatoms. The van der Waals surface area contributed by atoms with Crippen LogP contribution in [0.5, 0.6) is 5.88 Å². The molecule has 2 saturated heterocycles. The predicted octanol–water partition coefficient (Wildman–Crippen LogP) is 4.72. The first kappa shape index (κ1) is 24.4. The summed E-state index contributed by atoms with van der Waals surface area (Å²) in [5.74, 6) is 1.24. The number of ether oxygens (including phenoxy) is 1. The van der Waals surface area contributed by atoms with Gasteiger partial charge in [0.1, 0.15) is 6.10 Å². The molecule has 0 N–H and O–H groups in total. The molecule has 0 radical (unpaired) electrons. The first-order valence-electron chi connectivity index (χ1n) is 13.7. The van der Waals surface area contributed by atoms with E-state index in [1.807, 2.05) is 49.0 Å². The number of aromatic nitrogens is 6. The van der Waals surface area contributed by atoms with E-state index in [9.17, 15) is 4.79 Å². The van der Waals surface area contributed by atoms with Crippen LogP contribution in [0.25, 0.3) is 11.4 Å². The Kier molecular flexibility index (Phi) is 6.14. The highest BCUT2D eigenvalue weighted by Gasteiger charge is 2.44. The Bertz CT molecular complexity index is 1480. The number of hydrogen-bond donors (Lipinski definition) is 0. The van der Waals surface area contributed by atoms with Gasteiger partial charge in [0.15, 0.2) is 0 Å². The number of carbonyl (C=O) groups is 1. The van der Waals surface area contributed by atoms with Crippen LogP contribution in [0.1, 0.15) is 76.9 Å². The van der Waals surface area contributed by atoms with Crippen molar-refractivity contribution in [3.8, 4) is 17.3 Å². The van der Waals surface area contributed by atoms with E-state index in [0.717, 1.165) is 59.2 Å². The molecular weight excluding hydrogens is 510 g/mol. The van der Waals surface area contributed by atoms with E-state index in [0.29, 0.717) is 23.8 Å². The van der Waals surface area contributed by atoms with E-state index in [-0.39, 0.29) is 24.1 Å². The quantitative estimate of drug-likeness (QED) is 0.334. The molecule has 7 rings (SSSR count). The van der Waals surface area contributed by atoms with Gasteiger partial charge in [-0.05, 0) is 56.9 Å². The molecule has 1 saturated carbocycles. The Labute approximate surface area is 231 Å². The van der Waals surface area contributed by atoms with Gasteiger partial charge in [-0.3, -0.25) is 14.5 Å². The summed E-state index contributed by atoms with van der Waals surface area (Å²) in [4.78, 5) is 25.0. The molecule has 0 spiro atoms. The van der Waals surface area contributed by atoms with Crippen molar-refractivity contribution in [3.05, 3.63) is 69.6 Å². The zero-order valence-electron chi connectivity index (χ0n) is 22.2. The van der Waals surface area contributed by atoms with Crippen LogP contribution < -0.4 is 4.74 Å². The fourth-order valence-electron chi connectivity index (χ4n) is 6.04. The molecule has 2 aliphatic heterocycles. The van der Waals surface area contributed by atoms with E-state index in [2.05, 4.69) is 30.6 Å². The first-order chi connectivity index (χ1) is 19.0. The summed E-state index contributed by atoms with van der Waals surface area (Å²) in [7, 11) is 1.93. The molecule has 1 amide bonds. The number of piperidine rings is 1. The van der Waals surface area contributed by atoms with E-state index < -0.39 is 0 Å². The maximum Gasteiger partial charge on any atom is 0.255 e. The summed E-state index contributed by atoms with van der Waals surface area (Å²) in [6.45, 7) is 1.98. The van der Waals surface area contributed by atoms with Crippen LogP contribution in [0, 0.1) is 6.92 Å². The van der Waals surface area contributed by atoms with Crippen LogP contribution in [0.3, 0.4) is 0 Å². The number of carbonyl (C=O) groups excluding carboxylic acids is 1. The number of thiazole rings is 1. The van der Waals surface area contributed by atoms with Gasteiger partial charge in [-0.2, -0.15) is 10.2 Å². The third-order valence-electron chi connectivity index (χ3n) is 8.09. The molecular formula is C29H31N7O2S. The summed E-state index contributed by atoms with van der Waals surface area (Å²) in [6.07, 6.45) is 8.50. The molecule has 1 aliphatic carbocycles. The molecule has 9 nitrogen and oxygen atoms in total. The lowest BCUT2D eigenvalue weighted by Gasteiger charge is -2.38. The number of fused-ring (bicyclic) bond motifs is 2. The van der Waals surface area contributed by atoms with Crippen molar-refractivity contribution in [2.45, 2.75) is 76.0 Å². The van der Waals surface area contributed by atoms with Gasteiger partial charge >= 0.3 is 0 Å². The second kappa shape index (κ2) is 9.82. The van der Waals surface area contributed by atoms with Crippen molar-refractivity contribution in [1.82, 2.24) is 34.8 Å². The molecule has 200 valence electrons. The Hall–Kier alpha value is -3.66. The Balaban J connectivity index is 0.976. The maximum absolute atomic E-state index is 13.5. The second-order valence-corrected chi connectivity index (χ2v) is 12.0. The molecule has 4 aromatic heterocycles. The number of nitrogens with zero attached hydrogens (tertiary/aromatic N) is 7. The minimum Gasteiger partial charge on any atom is -0.473 e. The molecule has 1 unspecified atom stereocenters. The molecule has 39 heavy (non-hydrogen) atoms. The van der Waals surface area contributed by atoms with Gasteiger partial charge in [-0.15, -0.1) is 16.4 Å². The number of aryl methyl sites for hydroxylation is 2. The summed E-state index contributed by atoms with van der Waals surface area (Å²) in [5, 5.41) is 16.1. The summed E-state index contributed by atoms with van der Waals surface area (Å²) >= 11 is 1.62. The Morgan fingerprint density at radius 1 is 1.08 bits per heavy atom. The topological polar surface area (TPSA) is 98.9 Å². The Morgan fingerprint density at radius 3 is 2.54 bits per heavy atom. The molecule has 2 bridgehead atoms. The van der Waals surface area contributed by atoms with Crippen LogP contribution in [0.2, 0.25) is 0 Å². The number of amides is 1. The van der Waals surface area contributed by atoms with Crippen molar-refractivity contribution < 1.29 is 9.53 Å². The van der Waals surface area contributed by atoms with E-state index in [4.69, 9.17) is 9.72 Å². The smallest absolute Gasteiger partial charge is 0.255 e. The van der Waals surface area contributed by atoms with Crippen LogP contribution in [0.15, 0.2) is 41.9 Å². The fraction of sp³-hybridized carbons (Fsp3) is 0.448. The van der Waals surface area contributed by atoms with Crippen molar-refractivity contribution in [2.24, 2.45) is 7.05 Å². The lowest BCUT2D eigenvalue weighted by atomic mass is 9.98. The molecule has 4 aromatic rings. The van der Waals surface area contributed by atoms with Crippen LogP contribution in [0.4, 0.5) is 0 Å². The molecule has 0 aromatic carbocycles. The van der Waals surface area contributed by atoms with Crippen LogP contribution in [-0.4, -0.2) is 58.9 Å². The third kappa shape index (κ3) is 4.93. The third-order valence-corrected chi connectivity index (χ3v) is 8.94. The average Bonchev–Trinajstić information content (AvgIpc) is 3.51. The maximum atomic E-state index is 13.5. The SMILES string of the molecule is Cc1cc(-c2csc(Cc3ccc(C(=O)N4[C@@H]5CC[C@H]4CC(Oc4ccc(C6CC6)nn4)C5)cn3)n2)n(C)n1.